The molecule has 2 heterocycles. The van der Waals surface area contributed by atoms with E-state index in [0.717, 1.165) is 50.3 Å². The van der Waals surface area contributed by atoms with Crippen LogP contribution in [0.2, 0.25) is 0 Å². The Balaban J connectivity index is 1.66. The molecule has 4 nitrogen and oxygen atoms in total. The Morgan fingerprint density at radius 2 is 2.26 bits per heavy atom. The molecule has 0 aliphatic carbocycles. The number of hydrogen-bond acceptors (Lipinski definition) is 3. The van der Waals surface area contributed by atoms with Gasteiger partial charge in [0.25, 0.3) is 0 Å². The third kappa shape index (κ3) is 3.43. The summed E-state index contributed by atoms with van der Waals surface area (Å²) in [5, 5.41) is 0. The summed E-state index contributed by atoms with van der Waals surface area (Å²) >= 11 is 0. The van der Waals surface area contributed by atoms with Crippen molar-refractivity contribution in [3.8, 4) is 0 Å². The number of benzene rings is 1. The van der Waals surface area contributed by atoms with E-state index in [1.807, 2.05) is 0 Å². The van der Waals surface area contributed by atoms with Crippen molar-refractivity contribution in [2.24, 2.45) is 5.92 Å². The summed E-state index contributed by atoms with van der Waals surface area (Å²) in [4.78, 5) is 10.2. The second-order valence-corrected chi connectivity index (χ2v) is 7.12. The molecule has 1 aromatic heterocycles. The van der Waals surface area contributed by atoms with Crippen LogP contribution >= 0.6 is 0 Å². The number of ether oxygens (including phenoxy) is 1. The standard InChI is InChI=1S/C19H29N3O/c1-4-10-23-11-9-22-8-7-19(3,15(2)13-22)16-5-6-17-18(12-16)21-14-20-17/h5-6,12,14-15H,4,7-11,13H2,1-3H3,(H,20,21). The van der Waals surface area contributed by atoms with Crippen LogP contribution in [0.4, 0.5) is 0 Å². The van der Waals surface area contributed by atoms with E-state index in [1.165, 1.54) is 12.0 Å². The lowest BCUT2D eigenvalue weighted by molar-refractivity contribution is 0.0636. The van der Waals surface area contributed by atoms with E-state index in [2.05, 4.69) is 53.8 Å². The molecule has 126 valence electrons. The first-order chi connectivity index (χ1) is 11.1. The molecule has 2 atom stereocenters. The fraction of sp³-hybridized carbons (Fsp3) is 0.632. The van der Waals surface area contributed by atoms with Crippen molar-refractivity contribution >= 4 is 11.0 Å². The normalized spacial score (nSPS) is 26.0. The van der Waals surface area contributed by atoms with Gasteiger partial charge in [0.2, 0.25) is 0 Å². The zero-order chi connectivity index (χ0) is 16.3. The largest absolute Gasteiger partial charge is 0.380 e. The van der Waals surface area contributed by atoms with Crippen molar-refractivity contribution < 1.29 is 4.74 Å². The molecule has 0 saturated carbocycles. The molecule has 1 N–H and O–H groups in total. The molecule has 1 aromatic carbocycles. The van der Waals surface area contributed by atoms with Crippen LogP contribution in [-0.2, 0) is 10.2 Å². The van der Waals surface area contributed by atoms with Crippen molar-refractivity contribution in [3.05, 3.63) is 30.1 Å². The number of nitrogens with one attached hydrogen (secondary N) is 1. The Hall–Kier alpha value is -1.39. The number of piperidine rings is 1. The number of fused-ring (bicyclic) bond motifs is 1. The second kappa shape index (κ2) is 7.02. The van der Waals surface area contributed by atoms with Crippen molar-refractivity contribution in [2.45, 2.75) is 39.0 Å². The Bertz CT molecular complexity index is 638. The molecule has 0 radical (unpaired) electrons. The summed E-state index contributed by atoms with van der Waals surface area (Å²) in [6.45, 7) is 12.0. The number of rotatable bonds is 6. The van der Waals surface area contributed by atoms with Crippen LogP contribution in [0.25, 0.3) is 11.0 Å². The molecule has 1 fully saturated rings. The topological polar surface area (TPSA) is 41.1 Å². The van der Waals surface area contributed by atoms with Crippen LogP contribution in [0.5, 0.6) is 0 Å². The maximum atomic E-state index is 5.64. The van der Waals surface area contributed by atoms with E-state index in [9.17, 15) is 0 Å². The van der Waals surface area contributed by atoms with Gasteiger partial charge in [-0.05, 0) is 48.4 Å². The lowest BCUT2D eigenvalue weighted by atomic mass is 9.68. The van der Waals surface area contributed by atoms with E-state index < -0.39 is 0 Å². The number of imidazole rings is 1. The lowest BCUT2D eigenvalue weighted by Gasteiger charge is -2.45. The first-order valence-electron chi connectivity index (χ1n) is 8.87. The minimum absolute atomic E-state index is 0.230. The Labute approximate surface area is 139 Å². The molecule has 1 saturated heterocycles. The monoisotopic (exact) mass is 315 g/mol. The van der Waals surface area contributed by atoms with Gasteiger partial charge in [0.1, 0.15) is 0 Å². The molecule has 3 rings (SSSR count). The van der Waals surface area contributed by atoms with Gasteiger partial charge in [0.15, 0.2) is 0 Å². The molecule has 0 amide bonds. The van der Waals surface area contributed by atoms with Gasteiger partial charge in [0.05, 0.1) is 24.0 Å². The summed E-state index contributed by atoms with van der Waals surface area (Å²) < 4.78 is 5.64. The summed E-state index contributed by atoms with van der Waals surface area (Å²) in [7, 11) is 0. The average molecular weight is 315 g/mol. The van der Waals surface area contributed by atoms with Gasteiger partial charge in [-0.1, -0.05) is 26.8 Å². The van der Waals surface area contributed by atoms with Crippen molar-refractivity contribution in [2.75, 3.05) is 32.8 Å². The van der Waals surface area contributed by atoms with Crippen LogP contribution in [0.1, 0.15) is 39.2 Å². The highest BCUT2D eigenvalue weighted by Gasteiger charge is 2.37. The minimum Gasteiger partial charge on any atom is -0.380 e. The van der Waals surface area contributed by atoms with Crippen LogP contribution in [-0.4, -0.2) is 47.7 Å². The Kier molecular flexibility index (Phi) is 5.02. The predicted molar refractivity (Wildman–Crippen MR) is 94.8 cm³/mol. The van der Waals surface area contributed by atoms with Gasteiger partial charge in [-0.3, -0.25) is 0 Å². The number of hydrogen-bond donors (Lipinski definition) is 1. The van der Waals surface area contributed by atoms with Gasteiger partial charge in [-0.2, -0.15) is 0 Å². The fourth-order valence-corrected chi connectivity index (χ4v) is 3.68. The molecular weight excluding hydrogens is 286 g/mol. The van der Waals surface area contributed by atoms with Gasteiger partial charge in [-0.15, -0.1) is 0 Å². The van der Waals surface area contributed by atoms with Gasteiger partial charge in [-0.25, -0.2) is 4.98 Å². The SMILES string of the molecule is CCCOCCN1CCC(C)(c2ccc3[nH]cnc3c2)C(C)C1. The number of likely N-dealkylation sites (tertiary alicyclic amines) is 1. The molecule has 1 aliphatic rings. The third-order valence-electron chi connectivity index (χ3n) is 5.55. The quantitative estimate of drug-likeness (QED) is 0.828. The number of aromatic nitrogens is 2. The highest BCUT2D eigenvalue weighted by atomic mass is 16.5. The fourth-order valence-electron chi connectivity index (χ4n) is 3.68. The smallest absolute Gasteiger partial charge is 0.0931 e. The van der Waals surface area contributed by atoms with E-state index in [1.54, 1.807) is 6.33 Å². The number of H-pyrrole nitrogens is 1. The van der Waals surface area contributed by atoms with Gasteiger partial charge >= 0.3 is 0 Å². The van der Waals surface area contributed by atoms with E-state index in [0.29, 0.717) is 5.92 Å². The maximum absolute atomic E-state index is 5.64. The highest BCUT2D eigenvalue weighted by molar-refractivity contribution is 5.75. The minimum atomic E-state index is 0.230. The van der Waals surface area contributed by atoms with Gasteiger partial charge in [0, 0.05) is 19.7 Å². The Morgan fingerprint density at radius 1 is 1.39 bits per heavy atom. The van der Waals surface area contributed by atoms with Crippen molar-refractivity contribution in [1.82, 2.24) is 14.9 Å². The predicted octanol–water partition coefficient (Wildman–Crippen LogP) is 3.59. The summed E-state index contributed by atoms with van der Waals surface area (Å²) in [5.41, 5.74) is 3.85. The Morgan fingerprint density at radius 3 is 3.04 bits per heavy atom. The number of aromatic amines is 1. The van der Waals surface area contributed by atoms with Crippen molar-refractivity contribution in [1.29, 1.82) is 0 Å². The molecule has 0 spiro atoms. The summed E-state index contributed by atoms with van der Waals surface area (Å²) in [6.07, 6.45) is 4.07. The molecule has 4 heteroatoms. The zero-order valence-electron chi connectivity index (χ0n) is 14.6. The second-order valence-electron chi connectivity index (χ2n) is 7.12. The molecule has 0 bridgehead atoms. The van der Waals surface area contributed by atoms with Crippen LogP contribution in [0.3, 0.4) is 0 Å². The average Bonchev–Trinajstić information content (AvgIpc) is 3.02. The number of nitrogens with zero attached hydrogens (tertiary/aromatic N) is 2. The van der Waals surface area contributed by atoms with E-state index in [-0.39, 0.29) is 5.41 Å². The van der Waals surface area contributed by atoms with Gasteiger partial charge < -0.3 is 14.6 Å². The van der Waals surface area contributed by atoms with Crippen molar-refractivity contribution in [3.63, 3.8) is 0 Å². The lowest BCUT2D eigenvalue weighted by Crippen LogP contribution is -2.48. The third-order valence-corrected chi connectivity index (χ3v) is 5.55. The zero-order valence-corrected chi connectivity index (χ0v) is 14.6. The highest BCUT2D eigenvalue weighted by Crippen LogP contribution is 2.39. The van der Waals surface area contributed by atoms with Crippen LogP contribution in [0, 0.1) is 5.92 Å². The summed E-state index contributed by atoms with van der Waals surface area (Å²) in [6, 6.07) is 6.71. The molecular formula is C19H29N3O. The van der Waals surface area contributed by atoms with Crippen LogP contribution in [0.15, 0.2) is 24.5 Å². The molecule has 2 aromatic rings. The maximum Gasteiger partial charge on any atom is 0.0931 e. The first-order valence-corrected chi connectivity index (χ1v) is 8.87. The molecule has 23 heavy (non-hydrogen) atoms. The summed E-state index contributed by atoms with van der Waals surface area (Å²) in [5.74, 6) is 0.624. The van der Waals surface area contributed by atoms with E-state index in [4.69, 9.17) is 4.74 Å². The molecule has 1 aliphatic heterocycles. The van der Waals surface area contributed by atoms with Crippen LogP contribution < -0.4 is 0 Å². The molecule has 2 unspecified atom stereocenters. The first kappa shape index (κ1) is 16.5. The van der Waals surface area contributed by atoms with E-state index >= 15 is 0 Å².